The lowest BCUT2D eigenvalue weighted by Crippen LogP contribution is -2.42. The molecule has 0 bridgehead atoms. The molecule has 0 aromatic heterocycles. The topological polar surface area (TPSA) is 49.0 Å². The summed E-state index contributed by atoms with van der Waals surface area (Å²) in [6, 6.07) is 3.93. The Balaban J connectivity index is 2.09. The molecule has 0 aliphatic carbocycles. The molecule has 1 aliphatic heterocycles. The van der Waals surface area contributed by atoms with Gasteiger partial charge in [-0.3, -0.25) is 0 Å². The van der Waals surface area contributed by atoms with Crippen LogP contribution in [0.5, 0.6) is 17.2 Å². The van der Waals surface area contributed by atoms with E-state index in [4.69, 9.17) is 18.9 Å². The van der Waals surface area contributed by atoms with Crippen molar-refractivity contribution in [2.75, 3.05) is 27.6 Å². The Morgan fingerprint density at radius 3 is 2.74 bits per heavy atom. The maximum atomic E-state index is 5.41. The van der Waals surface area contributed by atoms with Gasteiger partial charge in [-0.2, -0.15) is 0 Å². The second kappa shape index (κ2) is 5.67. The Morgan fingerprint density at radius 1 is 1.26 bits per heavy atom. The summed E-state index contributed by atoms with van der Waals surface area (Å²) in [6.45, 7) is 5.80. The summed E-state index contributed by atoms with van der Waals surface area (Å²) in [5.74, 6) is 2.12. The van der Waals surface area contributed by atoms with Crippen molar-refractivity contribution in [2.45, 2.75) is 25.9 Å². The first kappa shape index (κ1) is 14.0. The Kier molecular flexibility index (Phi) is 4.17. The fourth-order valence-corrected chi connectivity index (χ4v) is 2.04. The molecule has 0 amide bonds. The number of fused-ring (bicyclic) bond motifs is 1. The molecule has 0 saturated carbocycles. The van der Waals surface area contributed by atoms with Gasteiger partial charge >= 0.3 is 0 Å². The SMILES string of the molecule is COCC(C)(C)NCc1cc(OC)c2c(c1)OCO2. The van der Waals surface area contributed by atoms with E-state index in [1.807, 2.05) is 12.1 Å². The highest BCUT2D eigenvalue weighted by Crippen LogP contribution is 2.41. The molecule has 1 aromatic rings. The zero-order valence-corrected chi connectivity index (χ0v) is 11.9. The molecule has 1 N–H and O–H groups in total. The van der Waals surface area contributed by atoms with Crippen molar-refractivity contribution in [2.24, 2.45) is 0 Å². The van der Waals surface area contributed by atoms with Crippen LogP contribution in [-0.2, 0) is 11.3 Å². The van der Waals surface area contributed by atoms with E-state index in [-0.39, 0.29) is 12.3 Å². The first-order valence-corrected chi connectivity index (χ1v) is 6.26. The van der Waals surface area contributed by atoms with Crippen LogP contribution in [0, 0.1) is 0 Å². The molecule has 106 valence electrons. The van der Waals surface area contributed by atoms with E-state index in [2.05, 4.69) is 19.2 Å². The van der Waals surface area contributed by atoms with E-state index in [1.165, 1.54) is 0 Å². The molecule has 2 rings (SSSR count). The van der Waals surface area contributed by atoms with Crippen molar-refractivity contribution in [3.8, 4) is 17.2 Å². The van der Waals surface area contributed by atoms with Crippen LogP contribution in [0.2, 0.25) is 0 Å². The minimum atomic E-state index is -0.0850. The Labute approximate surface area is 113 Å². The van der Waals surface area contributed by atoms with Gasteiger partial charge in [0.2, 0.25) is 12.5 Å². The summed E-state index contributed by atoms with van der Waals surface area (Å²) in [6.07, 6.45) is 0. The van der Waals surface area contributed by atoms with Gasteiger partial charge in [0, 0.05) is 19.2 Å². The van der Waals surface area contributed by atoms with Gasteiger partial charge in [0.15, 0.2) is 11.5 Å². The van der Waals surface area contributed by atoms with Gasteiger partial charge in [-0.15, -0.1) is 0 Å². The lowest BCUT2D eigenvalue weighted by Gasteiger charge is -2.25. The van der Waals surface area contributed by atoms with Crippen molar-refractivity contribution < 1.29 is 18.9 Å². The number of rotatable bonds is 6. The summed E-state index contributed by atoms with van der Waals surface area (Å²) < 4.78 is 21.3. The van der Waals surface area contributed by atoms with Crippen LogP contribution in [0.25, 0.3) is 0 Å². The first-order chi connectivity index (χ1) is 9.05. The van der Waals surface area contributed by atoms with Crippen LogP contribution in [0.4, 0.5) is 0 Å². The predicted molar refractivity (Wildman–Crippen MR) is 71.9 cm³/mol. The van der Waals surface area contributed by atoms with E-state index in [0.29, 0.717) is 24.7 Å². The minimum absolute atomic E-state index is 0.0850. The van der Waals surface area contributed by atoms with Crippen LogP contribution in [0.15, 0.2) is 12.1 Å². The molecular formula is C14H21NO4. The fraction of sp³-hybridized carbons (Fsp3) is 0.571. The largest absolute Gasteiger partial charge is 0.493 e. The molecule has 0 fully saturated rings. The first-order valence-electron chi connectivity index (χ1n) is 6.26. The van der Waals surface area contributed by atoms with Gasteiger partial charge in [-0.25, -0.2) is 0 Å². The third-order valence-corrected chi connectivity index (χ3v) is 2.99. The highest BCUT2D eigenvalue weighted by molar-refractivity contribution is 5.55. The Bertz CT molecular complexity index is 445. The van der Waals surface area contributed by atoms with E-state index < -0.39 is 0 Å². The third kappa shape index (κ3) is 3.30. The van der Waals surface area contributed by atoms with Crippen LogP contribution < -0.4 is 19.5 Å². The average Bonchev–Trinajstić information content (AvgIpc) is 2.83. The molecule has 1 aromatic carbocycles. The Morgan fingerprint density at radius 2 is 2.05 bits per heavy atom. The predicted octanol–water partition coefficient (Wildman–Crippen LogP) is 1.94. The monoisotopic (exact) mass is 267 g/mol. The fourth-order valence-electron chi connectivity index (χ4n) is 2.04. The number of methoxy groups -OCH3 is 2. The van der Waals surface area contributed by atoms with Gasteiger partial charge in [-0.1, -0.05) is 0 Å². The second-order valence-corrected chi connectivity index (χ2v) is 5.20. The molecule has 0 unspecified atom stereocenters. The summed E-state index contributed by atoms with van der Waals surface area (Å²) in [4.78, 5) is 0. The van der Waals surface area contributed by atoms with Gasteiger partial charge in [0.1, 0.15) is 0 Å². The molecule has 1 heterocycles. The van der Waals surface area contributed by atoms with Crippen LogP contribution in [0.1, 0.15) is 19.4 Å². The van der Waals surface area contributed by atoms with Gasteiger partial charge in [-0.05, 0) is 31.5 Å². The molecule has 19 heavy (non-hydrogen) atoms. The summed E-state index contributed by atoms with van der Waals surface area (Å²) in [7, 11) is 3.33. The molecule has 0 saturated heterocycles. The normalized spacial score (nSPS) is 13.7. The van der Waals surface area contributed by atoms with Gasteiger partial charge in [0.05, 0.1) is 13.7 Å². The number of benzene rings is 1. The van der Waals surface area contributed by atoms with Gasteiger partial charge in [0.25, 0.3) is 0 Å². The van der Waals surface area contributed by atoms with Gasteiger partial charge < -0.3 is 24.3 Å². The highest BCUT2D eigenvalue weighted by atomic mass is 16.7. The lowest BCUT2D eigenvalue weighted by molar-refractivity contribution is 0.127. The zero-order valence-electron chi connectivity index (χ0n) is 11.9. The zero-order chi connectivity index (χ0) is 13.9. The maximum Gasteiger partial charge on any atom is 0.231 e. The van der Waals surface area contributed by atoms with E-state index in [0.717, 1.165) is 11.3 Å². The van der Waals surface area contributed by atoms with Crippen LogP contribution in [-0.4, -0.2) is 33.2 Å². The van der Waals surface area contributed by atoms with E-state index in [9.17, 15) is 0 Å². The van der Waals surface area contributed by atoms with Crippen molar-refractivity contribution in [1.82, 2.24) is 5.32 Å². The molecule has 0 atom stereocenters. The summed E-state index contributed by atoms with van der Waals surface area (Å²) in [5.41, 5.74) is 1.00. The van der Waals surface area contributed by atoms with E-state index in [1.54, 1.807) is 14.2 Å². The number of hydrogen-bond acceptors (Lipinski definition) is 5. The lowest BCUT2D eigenvalue weighted by atomic mass is 10.1. The van der Waals surface area contributed by atoms with Crippen LogP contribution >= 0.6 is 0 Å². The van der Waals surface area contributed by atoms with Crippen molar-refractivity contribution in [1.29, 1.82) is 0 Å². The third-order valence-electron chi connectivity index (χ3n) is 2.99. The van der Waals surface area contributed by atoms with Crippen molar-refractivity contribution >= 4 is 0 Å². The minimum Gasteiger partial charge on any atom is -0.493 e. The molecule has 5 heteroatoms. The number of hydrogen-bond donors (Lipinski definition) is 1. The van der Waals surface area contributed by atoms with Crippen molar-refractivity contribution in [3.63, 3.8) is 0 Å². The molecular weight excluding hydrogens is 246 g/mol. The molecule has 1 aliphatic rings. The highest BCUT2D eigenvalue weighted by Gasteiger charge is 2.21. The van der Waals surface area contributed by atoms with Crippen LogP contribution in [0.3, 0.4) is 0 Å². The molecule has 5 nitrogen and oxygen atoms in total. The second-order valence-electron chi connectivity index (χ2n) is 5.20. The number of nitrogens with one attached hydrogen (secondary N) is 1. The molecule has 0 radical (unpaired) electrons. The average molecular weight is 267 g/mol. The van der Waals surface area contributed by atoms with Crippen molar-refractivity contribution in [3.05, 3.63) is 17.7 Å². The standard InChI is InChI=1S/C14H21NO4/c1-14(2,8-16-3)15-7-10-5-11(17-4)13-12(6-10)18-9-19-13/h5-6,15H,7-9H2,1-4H3. The maximum absolute atomic E-state index is 5.41. The quantitative estimate of drug-likeness (QED) is 0.853. The molecule has 0 spiro atoms. The summed E-state index contributed by atoms with van der Waals surface area (Å²) >= 11 is 0. The Hall–Kier alpha value is -1.46. The number of ether oxygens (including phenoxy) is 4. The summed E-state index contributed by atoms with van der Waals surface area (Å²) in [5, 5.41) is 3.44. The smallest absolute Gasteiger partial charge is 0.231 e. The van der Waals surface area contributed by atoms with E-state index >= 15 is 0 Å².